The van der Waals surface area contributed by atoms with Crippen LogP contribution in [0.3, 0.4) is 0 Å². The number of hydrogen-bond donors (Lipinski definition) is 8. The van der Waals surface area contributed by atoms with Crippen LogP contribution in [-0.2, 0) is 35.6 Å². The summed E-state index contributed by atoms with van der Waals surface area (Å²) in [4.78, 5) is 85.9. The van der Waals surface area contributed by atoms with Crippen LogP contribution in [0.2, 0.25) is 0 Å². The third kappa shape index (κ3) is 10.7. The number of rotatable bonds is 9. The van der Waals surface area contributed by atoms with Gasteiger partial charge in [0.25, 0.3) is 11.1 Å². The van der Waals surface area contributed by atoms with E-state index in [1.54, 1.807) is 0 Å². The molecule has 6 heterocycles. The molecule has 1 radical (unpaired) electrons. The van der Waals surface area contributed by atoms with E-state index in [0.717, 1.165) is 12.7 Å². The van der Waals surface area contributed by atoms with Gasteiger partial charge < -0.3 is 90.6 Å². The number of hydrogen-bond acceptors (Lipinski definition) is 20. The zero-order chi connectivity index (χ0) is 38.7. The fraction of sp³-hybridized carbons (Fsp3) is 0.545. The summed E-state index contributed by atoms with van der Waals surface area (Å²) >= 11 is 0. The van der Waals surface area contributed by atoms with Gasteiger partial charge in [-0.3, -0.25) is 28.7 Å². The van der Waals surface area contributed by atoms with Crippen LogP contribution in [0.15, 0.2) is 22.2 Å². The van der Waals surface area contributed by atoms with Crippen LogP contribution in [0, 0.1) is 0 Å². The molecule has 4 aromatic heterocycles. The maximum Gasteiger partial charge on any atom is 2.00 e. The minimum Gasteiger partial charge on any atom is -0.745 e. The van der Waals surface area contributed by atoms with Gasteiger partial charge >= 0.3 is 17.1 Å². The predicted molar refractivity (Wildman–Crippen MR) is 165 cm³/mol. The van der Waals surface area contributed by atoms with Crippen LogP contribution < -0.4 is 42.2 Å². The molecule has 299 valence electrons. The Kier molecular flexibility index (Phi) is 14.9. The third-order valence-electron chi connectivity index (χ3n) is 7.05. The molecule has 4 aromatic rings. The number of aliphatic hydroxyl groups excluding tert-OH is 4. The van der Waals surface area contributed by atoms with Crippen molar-refractivity contribution in [2.75, 3.05) is 37.8 Å². The number of anilines is 2. The largest absolute Gasteiger partial charge is 2.00 e. The van der Waals surface area contributed by atoms with E-state index in [4.69, 9.17) is 41.5 Å². The van der Waals surface area contributed by atoms with Crippen molar-refractivity contribution in [3.63, 3.8) is 0 Å². The predicted octanol–water partition coefficient (Wildman–Crippen LogP) is -6.70. The monoisotopic (exact) mass is 845 g/mol. The van der Waals surface area contributed by atoms with Crippen LogP contribution in [0.25, 0.3) is 33.8 Å². The Morgan fingerprint density at radius 3 is 1.40 bits per heavy atom. The van der Waals surface area contributed by atoms with E-state index < -0.39 is 89.1 Å². The fourth-order valence-corrected chi connectivity index (χ4v) is 5.46. The Bertz CT molecular complexity index is 1910. The molecule has 2 aliphatic rings. The number of nitrogens with zero attached hydrogens (tertiary/aromatic N) is 6. The molecule has 0 aromatic carbocycles. The number of aliphatic hydroxyl groups is 4. The number of imidazole rings is 2. The molecule has 0 aliphatic carbocycles. The molecule has 53 heavy (non-hydrogen) atoms. The van der Waals surface area contributed by atoms with Crippen LogP contribution in [0.5, 0.6) is 0 Å². The molecule has 0 saturated carbocycles. The van der Waals surface area contributed by atoms with Crippen LogP contribution >= 0.6 is 15.6 Å². The summed E-state index contributed by atoms with van der Waals surface area (Å²) in [7, 11) is -10.0. The average Bonchev–Trinajstić information content (AvgIpc) is 3.80. The zero-order valence-electron chi connectivity index (χ0n) is 26.4. The molecule has 2 fully saturated rings. The maximum atomic E-state index is 11.7. The van der Waals surface area contributed by atoms with Gasteiger partial charge in [0.1, 0.15) is 36.6 Å². The molecule has 8 atom stereocenters. The second kappa shape index (κ2) is 17.9. The summed E-state index contributed by atoms with van der Waals surface area (Å²) in [6.07, 6.45) is -8.68. The summed E-state index contributed by atoms with van der Waals surface area (Å²) < 4.78 is 38.5. The van der Waals surface area contributed by atoms with E-state index in [2.05, 4.69) is 39.0 Å². The first-order valence-electron chi connectivity index (χ1n) is 14.4. The quantitative estimate of drug-likeness (QED) is 0.0441. The van der Waals surface area contributed by atoms with Crippen LogP contribution in [-0.4, -0.2) is 132 Å². The molecule has 28 nitrogen and oxygen atoms in total. The second-order valence-corrected chi connectivity index (χ2v) is 13.1. The average molecular weight is 846 g/mol. The summed E-state index contributed by atoms with van der Waals surface area (Å²) in [5.41, 5.74) is 22.1. The van der Waals surface area contributed by atoms with Crippen molar-refractivity contribution < 1.29 is 84.7 Å². The van der Waals surface area contributed by atoms with Gasteiger partial charge in [0.05, 0.1) is 25.9 Å². The van der Waals surface area contributed by atoms with Gasteiger partial charge in [-0.15, -0.1) is 0 Å². The van der Waals surface area contributed by atoms with E-state index >= 15 is 0 Å². The van der Waals surface area contributed by atoms with Gasteiger partial charge in [-0.05, 0) is 0 Å². The van der Waals surface area contributed by atoms with Crippen molar-refractivity contribution in [1.29, 1.82) is 0 Å². The van der Waals surface area contributed by atoms with Gasteiger partial charge in [0.2, 0.25) is 27.5 Å². The van der Waals surface area contributed by atoms with Crippen LogP contribution in [0.4, 0.5) is 11.9 Å². The van der Waals surface area contributed by atoms with E-state index in [1.165, 1.54) is 9.13 Å². The summed E-state index contributed by atoms with van der Waals surface area (Å²) in [5.74, 6) is -0.371. The number of nitrogens with two attached hydrogens (primary N) is 2. The van der Waals surface area contributed by atoms with Gasteiger partial charge in [-0.1, -0.05) is 0 Å². The van der Waals surface area contributed by atoms with Crippen molar-refractivity contribution in [2.24, 2.45) is 0 Å². The van der Waals surface area contributed by atoms with E-state index in [0.29, 0.717) is 0 Å². The van der Waals surface area contributed by atoms with Crippen molar-refractivity contribution in [3.05, 3.63) is 44.8 Å². The number of ether oxygens (including phenoxy) is 2. The molecule has 8 unspecified atom stereocenters. The minimum atomic E-state index is -5.01. The standard InChI is InChI=1S/2C10H14N5O8P.C2H6N2.Cu/c2*11-10-13-7-4(8(18)14-10)12-2-15(7)9-6(17)5(16)3(23-9)1-22-24(19,20)21;3-1-2-4;/h2*2-3,5-6,9,16-17H,1H2,(H2,19,20,21)(H3,11,13,14,18);3-4H,1-2H2;/q;;-2;+2/p-2. The maximum absolute atomic E-state index is 11.7. The van der Waals surface area contributed by atoms with Gasteiger partial charge in [0, 0.05) is 0 Å². The minimum absolute atomic E-state index is 0. The molecule has 0 bridgehead atoms. The Morgan fingerprint density at radius 2 is 1.09 bits per heavy atom. The topological polar surface area (TPSA) is 480 Å². The number of H-pyrrole nitrogens is 2. The van der Waals surface area contributed by atoms with E-state index in [9.17, 15) is 49.6 Å². The van der Waals surface area contributed by atoms with Crippen molar-refractivity contribution in [1.82, 2.24) is 39.0 Å². The molecular formula is C22H32CuN12O16P2-2. The first-order valence-corrected chi connectivity index (χ1v) is 17.4. The first-order chi connectivity index (χ1) is 24.3. The summed E-state index contributed by atoms with van der Waals surface area (Å²) in [6, 6.07) is 0. The first kappa shape index (κ1) is 44.1. The summed E-state index contributed by atoms with van der Waals surface area (Å²) in [5, 5.41) is 40.0. The molecule has 6 rings (SSSR count). The number of nitrogen functional groups attached to an aromatic ring is 2. The van der Waals surface area contributed by atoms with E-state index in [1.807, 2.05) is 0 Å². The molecule has 2 saturated heterocycles. The number of aromatic nitrogens is 8. The Labute approximate surface area is 305 Å². The van der Waals surface area contributed by atoms with Gasteiger partial charge in [0.15, 0.2) is 34.8 Å². The van der Waals surface area contributed by atoms with Crippen molar-refractivity contribution in [2.45, 2.75) is 49.1 Å². The molecule has 14 N–H and O–H groups in total. The molecule has 0 spiro atoms. The van der Waals surface area contributed by atoms with Crippen LogP contribution in [0.1, 0.15) is 12.5 Å². The summed E-state index contributed by atoms with van der Waals surface area (Å²) in [6.45, 7) is -0.955. The van der Waals surface area contributed by atoms with Crippen molar-refractivity contribution in [3.8, 4) is 0 Å². The number of fused-ring (bicyclic) bond motifs is 2. The van der Waals surface area contributed by atoms with Crippen molar-refractivity contribution >= 4 is 49.9 Å². The molecule has 0 amide bonds. The number of aromatic amines is 2. The van der Waals surface area contributed by atoms with E-state index in [-0.39, 0.29) is 64.4 Å². The van der Waals surface area contributed by atoms with Gasteiger partial charge in [-0.2, -0.15) is 23.1 Å². The zero-order valence-corrected chi connectivity index (χ0v) is 29.1. The Morgan fingerprint density at radius 1 is 0.755 bits per heavy atom. The number of nitrogens with one attached hydrogen (secondary N) is 4. The fourth-order valence-electron chi connectivity index (χ4n) is 4.79. The van der Waals surface area contributed by atoms with Gasteiger partial charge in [-0.25, -0.2) is 9.97 Å². The Hall–Kier alpha value is -3.28. The third-order valence-corrected chi connectivity index (χ3v) is 8.00. The Balaban J connectivity index is 0.000000255. The normalized spacial score (nSPS) is 25.8. The second-order valence-electron chi connectivity index (χ2n) is 10.7. The molecule has 2 aliphatic heterocycles. The molecular weight excluding hydrogens is 814 g/mol. The smallest absolute Gasteiger partial charge is 0.745 e. The SMILES string of the molecule is Nc1nc2c(ncn2C2OC(COP([O-])([O-])=[OH+])C(O)C2O)c(=O)[nH]1.Nc1nc2c(ncn2C2OC(COP([O-])([O-])=[OH+])C(O)C2O)c(=O)[nH]1.[Cu+2].[NH-]CC[NH-]. The molecule has 31 heteroatoms.